The van der Waals surface area contributed by atoms with Crippen molar-refractivity contribution in [2.24, 2.45) is 11.7 Å². The summed E-state index contributed by atoms with van der Waals surface area (Å²) < 4.78 is 5.66. The molecule has 2 aliphatic heterocycles. The Labute approximate surface area is 107 Å². The number of carbonyl (C=O) groups excluding carboxylic acids is 1. The molecule has 2 aliphatic rings. The Kier molecular flexibility index (Phi) is 2.96. The number of nitrogens with two attached hydrogens (primary N) is 1. The van der Waals surface area contributed by atoms with Crippen LogP contribution in [-0.2, 0) is 11.2 Å². The van der Waals surface area contributed by atoms with Crippen molar-refractivity contribution in [2.75, 3.05) is 19.7 Å². The molecular weight excluding hydrogens is 228 g/mol. The van der Waals surface area contributed by atoms with Crippen molar-refractivity contribution in [1.29, 1.82) is 0 Å². The second kappa shape index (κ2) is 4.61. The summed E-state index contributed by atoms with van der Waals surface area (Å²) >= 11 is 0. The van der Waals surface area contributed by atoms with Gasteiger partial charge in [0.05, 0.1) is 5.92 Å². The number of rotatable bonds is 1. The van der Waals surface area contributed by atoms with Crippen molar-refractivity contribution in [3.63, 3.8) is 0 Å². The molecular formula is C14H18N2O2. The smallest absolute Gasteiger partial charge is 0.229 e. The third-order valence-electron chi connectivity index (χ3n) is 3.76. The molecule has 0 spiro atoms. The standard InChI is InChI=1S/C14H18N2O2/c15-12-5-6-16(8-12)14(17)11-7-10-3-1-2-4-13(10)18-9-11/h1-4,11-12H,5-9,15H2. The molecule has 2 N–H and O–H groups in total. The van der Waals surface area contributed by atoms with E-state index >= 15 is 0 Å². The van der Waals surface area contributed by atoms with E-state index in [1.807, 2.05) is 29.2 Å². The highest BCUT2D eigenvalue weighted by Crippen LogP contribution is 2.28. The Bertz CT molecular complexity index is 461. The van der Waals surface area contributed by atoms with Crippen LogP contribution in [-0.4, -0.2) is 36.5 Å². The van der Waals surface area contributed by atoms with E-state index in [4.69, 9.17) is 10.5 Å². The fourth-order valence-electron chi connectivity index (χ4n) is 2.73. The van der Waals surface area contributed by atoms with Gasteiger partial charge in [-0.1, -0.05) is 18.2 Å². The van der Waals surface area contributed by atoms with E-state index in [1.165, 1.54) is 0 Å². The van der Waals surface area contributed by atoms with Gasteiger partial charge in [-0.05, 0) is 24.5 Å². The van der Waals surface area contributed by atoms with E-state index in [1.54, 1.807) is 0 Å². The minimum Gasteiger partial charge on any atom is -0.492 e. The molecule has 96 valence electrons. The molecule has 2 heterocycles. The lowest BCUT2D eigenvalue weighted by Crippen LogP contribution is -2.40. The summed E-state index contributed by atoms with van der Waals surface area (Å²) in [5.41, 5.74) is 6.97. The number of fused-ring (bicyclic) bond motifs is 1. The molecule has 1 fully saturated rings. The average molecular weight is 246 g/mol. The number of nitrogens with zero attached hydrogens (tertiary/aromatic N) is 1. The Morgan fingerprint density at radius 1 is 1.39 bits per heavy atom. The van der Waals surface area contributed by atoms with E-state index in [0.29, 0.717) is 13.2 Å². The van der Waals surface area contributed by atoms with Gasteiger partial charge in [0.25, 0.3) is 0 Å². The molecule has 0 radical (unpaired) electrons. The van der Waals surface area contributed by atoms with Gasteiger partial charge < -0.3 is 15.4 Å². The first-order valence-electron chi connectivity index (χ1n) is 6.49. The fraction of sp³-hybridized carbons (Fsp3) is 0.500. The molecule has 3 rings (SSSR count). The molecule has 0 saturated carbocycles. The van der Waals surface area contributed by atoms with Crippen LogP contribution < -0.4 is 10.5 Å². The van der Waals surface area contributed by atoms with Crippen LogP contribution in [0, 0.1) is 5.92 Å². The number of amides is 1. The monoisotopic (exact) mass is 246 g/mol. The predicted molar refractivity (Wildman–Crippen MR) is 68.3 cm³/mol. The summed E-state index contributed by atoms with van der Waals surface area (Å²) in [6.07, 6.45) is 1.69. The van der Waals surface area contributed by atoms with Crippen molar-refractivity contribution in [2.45, 2.75) is 18.9 Å². The Balaban J connectivity index is 1.70. The third kappa shape index (κ3) is 2.08. The largest absolute Gasteiger partial charge is 0.492 e. The molecule has 4 nitrogen and oxygen atoms in total. The van der Waals surface area contributed by atoms with E-state index in [9.17, 15) is 4.79 Å². The first-order valence-corrected chi connectivity index (χ1v) is 6.49. The predicted octanol–water partition coefficient (Wildman–Crippen LogP) is 0.797. The highest BCUT2D eigenvalue weighted by molar-refractivity contribution is 5.80. The fourth-order valence-corrected chi connectivity index (χ4v) is 2.73. The number of benzene rings is 1. The van der Waals surface area contributed by atoms with Crippen molar-refractivity contribution >= 4 is 5.91 Å². The molecule has 0 bridgehead atoms. The zero-order chi connectivity index (χ0) is 12.5. The highest BCUT2D eigenvalue weighted by atomic mass is 16.5. The minimum atomic E-state index is -0.0507. The van der Waals surface area contributed by atoms with Gasteiger partial charge in [-0.3, -0.25) is 4.79 Å². The van der Waals surface area contributed by atoms with Crippen LogP contribution in [0.15, 0.2) is 24.3 Å². The average Bonchev–Trinajstić information content (AvgIpc) is 2.84. The molecule has 0 aromatic heterocycles. The van der Waals surface area contributed by atoms with Crippen LogP contribution in [0.5, 0.6) is 5.75 Å². The van der Waals surface area contributed by atoms with Crippen molar-refractivity contribution < 1.29 is 9.53 Å². The Morgan fingerprint density at radius 2 is 2.22 bits per heavy atom. The molecule has 1 aromatic carbocycles. The summed E-state index contributed by atoms with van der Waals surface area (Å²) in [6.45, 7) is 1.97. The molecule has 1 aromatic rings. The first-order chi connectivity index (χ1) is 8.74. The first kappa shape index (κ1) is 11.5. The van der Waals surface area contributed by atoms with E-state index in [-0.39, 0.29) is 17.9 Å². The zero-order valence-corrected chi connectivity index (χ0v) is 10.3. The number of hydrogen-bond donors (Lipinski definition) is 1. The van der Waals surface area contributed by atoms with E-state index in [2.05, 4.69) is 0 Å². The van der Waals surface area contributed by atoms with Crippen molar-refractivity contribution in [3.8, 4) is 5.75 Å². The topological polar surface area (TPSA) is 55.6 Å². The summed E-state index contributed by atoms with van der Waals surface area (Å²) in [4.78, 5) is 14.2. The molecule has 0 aliphatic carbocycles. The van der Waals surface area contributed by atoms with Gasteiger partial charge in [-0.2, -0.15) is 0 Å². The van der Waals surface area contributed by atoms with E-state index in [0.717, 1.165) is 30.7 Å². The summed E-state index contributed by atoms with van der Waals surface area (Å²) in [5.74, 6) is 1.06. The summed E-state index contributed by atoms with van der Waals surface area (Å²) in [5, 5.41) is 0. The van der Waals surface area contributed by atoms with Crippen LogP contribution in [0.2, 0.25) is 0 Å². The van der Waals surface area contributed by atoms with Crippen LogP contribution >= 0.6 is 0 Å². The van der Waals surface area contributed by atoms with Gasteiger partial charge in [0.2, 0.25) is 5.91 Å². The Hall–Kier alpha value is -1.55. The molecule has 4 heteroatoms. The molecule has 18 heavy (non-hydrogen) atoms. The highest BCUT2D eigenvalue weighted by Gasteiger charge is 2.32. The SMILES string of the molecule is NC1CCN(C(=O)C2COc3ccccc3C2)C1. The molecule has 1 saturated heterocycles. The Morgan fingerprint density at radius 3 is 3.00 bits per heavy atom. The maximum atomic E-state index is 12.3. The normalized spacial score (nSPS) is 26.6. The van der Waals surface area contributed by atoms with Gasteiger partial charge in [0, 0.05) is 19.1 Å². The van der Waals surface area contributed by atoms with Crippen LogP contribution in [0.3, 0.4) is 0 Å². The molecule has 1 amide bonds. The van der Waals surface area contributed by atoms with Gasteiger partial charge >= 0.3 is 0 Å². The lowest BCUT2D eigenvalue weighted by Gasteiger charge is -2.28. The second-order valence-corrected chi connectivity index (χ2v) is 5.15. The number of para-hydroxylation sites is 1. The van der Waals surface area contributed by atoms with Gasteiger partial charge in [-0.25, -0.2) is 0 Å². The zero-order valence-electron chi connectivity index (χ0n) is 10.3. The number of hydrogen-bond acceptors (Lipinski definition) is 3. The van der Waals surface area contributed by atoms with E-state index < -0.39 is 0 Å². The number of carbonyl (C=O) groups is 1. The van der Waals surface area contributed by atoms with Gasteiger partial charge in [0.15, 0.2) is 0 Å². The van der Waals surface area contributed by atoms with Crippen molar-refractivity contribution in [1.82, 2.24) is 4.90 Å². The second-order valence-electron chi connectivity index (χ2n) is 5.15. The summed E-state index contributed by atoms with van der Waals surface area (Å²) in [6, 6.07) is 8.08. The van der Waals surface area contributed by atoms with Crippen LogP contribution in [0.1, 0.15) is 12.0 Å². The number of likely N-dealkylation sites (tertiary alicyclic amines) is 1. The quantitative estimate of drug-likeness (QED) is 0.797. The third-order valence-corrected chi connectivity index (χ3v) is 3.76. The summed E-state index contributed by atoms with van der Waals surface area (Å²) in [7, 11) is 0. The lowest BCUT2D eigenvalue weighted by molar-refractivity contribution is -0.135. The van der Waals surface area contributed by atoms with Gasteiger partial charge in [0.1, 0.15) is 12.4 Å². The molecule has 2 unspecified atom stereocenters. The van der Waals surface area contributed by atoms with Crippen LogP contribution in [0.25, 0.3) is 0 Å². The molecule has 2 atom stereocenters. The van der Waals surface area contributed by atoms with Crippen molar-refractivity contribution in [3.05, 3.63) is 29.8 Å². The van der Waals surface area contributed by atoms with Crippen LogP contribution in [0.4, 0.5) is 0 Å². The lowest BCUT2D eigenvalue weighted by atomic mass is 9.95. The maximum Gasteiger partial charge on any atom is 0.229 e. The van der Waals surface area contributed by atoms with Gasteiger partial charge in [-0.15, -0.1) is 0 Å². The maximum absolute atomic E-state index is 12.3. The number of ether oxygens (including phenoxy) is 1. The minimum absolute atomic E-state index is 0.0507.